The van der Waals surface area contributed by atoms with Crippen LogP contribution in [-0.4, -0.2) is 20.0 Å². The largest absolute Gasteiger partial charge is 0.460 e. The van der Waals surface area contributed by atoms with E-state index < -0.39 is 27.8 Å². The molecule has 1 aliphatic heterocycles. The maximum Gasteiger partial charge on any atom is 0.309 e. The Hall–Kier alpha value is -1.73. The van der Waals surface area contributed by atoms with E-state index in [1.54, 1.807) is 38.1 Å². The molecule has 0 radical (unpaired) electrons. The van der Waals surface area contributed by atoms with Crippen molar-refractivity contribution in [2.24, 2.45) is 11.7 Å². The summed E-state index contributed by atoms with van der Waals surface area (Å²) >= 11 is 5.78. The third-order valence-electron chi connectivity index (χ3n) is 2.85. The lowest BCUT2D eigenvalue weighted by Gasteiger charge is -2.10. The first-order valence-electron chi connectivity index (χ1n) is 6.58. The predicted molar refractivity (Wildman–Crippen MR) is 81.2 cm³/mol. The molecule has 0 unspecified atom stereocenters. The van der Waals surface area contributed by atoms with Crippen LogP contribution in [0.15, 0.2) is 35.9 Å². The summed E-state index contributed by atoms with van der Waals surface area (Å²) in [5.74, 6) is -1.80. The van der Waals surface area contributed by atoms with Crippen molar-refractivity contribution in [1.82, 2.24) is 0 Å². The van der Waals surface area contributed by atoms with Crippen molar-refractivity contribution in [3.05, 3.63) is 46.5 Å². The predicted octanol–water partition coefficient (Wildman–Crippen LogP) is 2.11. The minimum absolute atomic E-state index is 0.142. The van der Waals surface area contributed by atoms with E-state index in [0.29, 0.717) is 10.6 Å². The molecule has 0 amide bonds. The summed E-state index contributed by atoms with van der Waals surface area (Å²) < 4.78 is 33.8. The Morgan fingerprint density at radius 2 is 1.91 bits per heavy atom. The minimum Gasteiger partial charge on any atom is -0.460 e. The number of ether oxygens (including phenoxy) is 1. The molecular weight excluding hydrogens is 330 g/mol. The number of hydrogen-bond donors (Lipinski definition) is 1. The molecule has 1 aromatic carbocycles. The Kier molecular flexibility index (Phi) is 4.67. The van der Waals surface area contributed by atoms with Crippen molar-refractivity contribution in [3.8, 4) is 0 Å². The molecule has 6 nitrogen and oxygen atoms in total. The van der Waals surface area contributed by atoms with Gasteiger partial charge in [0.05, 0.1) is 5.75 Å². The van der Waals surface area contributed by atoms with E-state index in [9.17, 15) is 13.2 Å². The molecule has 1 atom stereocenters. The number of hydrogen-bond acceptors (Lipinski definition) is 6. The van der Waals surface area contributed by atoms with Crippen LogP contribution < -0.4 is 5.73 Å². The topological polar surface area (TPSA) is 95.7 Å². The monoisotopic (exact) mass is 345 g/mol. The number of benzene rings is 1. The molecule has 1 aliphatic rings. The zero-order valence-corrected chi connectivity index (χ0v) is 13.6. The van der Waals surface area contributed by atoms with Gasteiger partial charge in [0, 0.05) is 10.6 Å². The van der Waals surface area contributed by atoms with Gasteiger partial charge in [-0.05, 0) is 18.1 Å². The maximum atomic E-state index is 12.3. The number of carbonyl (C=O) groups excluding carboxylic acids is 1. The zero-order valence-electron chi connectivity index (χ0n) is 12.1. The summed E-state index contributed by atoms with van der Waals surface area (Å²) in [5.41, 5.74) is 6.10. The summed E-state index contributed by atoms with van der Waals surface area (Å²) in [6.07, 6.45) is -1.03. The number of halogens is 1. The number of Topliss-reactive ketones (excluding diaryl/α,β-unsaturated/α-hetero) is 1. The lowest BCUT2D eigenvalue weighted by atomic mass is 10.1. The van der Waals surface area contributed by atoms with Gasteiger partial charge in [0.15, 0.2) is 6.10 Å². The van der Waals surface area contributed by atoms with Gasteiger partial charge < -0.3 is 14.7 Å². The van der Waals surface area contributed by atoms with Gasteiger partial charge in [0.2, 0.25) is 17.4 Å². The molecule has 1 heterocycles. The Balaban J connectivity index is 2.19. The highest BCUT2D eigenvalue weighted by molar-refractivity contribution is 7.86. The molecule has 2 N–H and O–H groups in total. The fourth-order valence-corrected chi connectivity index (χ4v) is 3.41. The fourth-order valence-electron chi connectivity index (χ4n) is 1.98. The molecule has 0 fully saturated rings. The standard InChI is InChI=1S/C14H16ClNO5S/c1-8(2)7-22(18,19)21-13-11(17)12(20-14(13)16)9-3-5-10(15)6-4-9/h3-6,8,12H,7,16H2,1-2H3/t12-/m0/s1. The van der Waals surface area contributed by atoms with E-state index in [-0.39, 0.29) is 17.6 Å². The molecule has 8 heteroatoms. The number of carbonyl (C=O) groups is 1. The van der Waals surface area contributed by atoms with Crippen molar-refractivity contribution in [3.63, 3.8) is 0 Å². The average molecular weight is 346 g/mol. The molecule has 0 spiro atoms. The van der Waals surface area contributed by atoms with Gasteiger partial charge in [-0.1, -0.05) is 37.6 Å². The van der Waals surface area contributed by atoms with E-state index in [1.165, 1.54) is 0 Å². The maximum absolute atomic E-state index is 12.3. The highest BCUT2D eigenvalue weighted by Crippen LogP contribution is 2.32. The van der Waals surface area contributed by atoms with Gasteiger partial charge in [0.1, 0.15) is 0 Å². The van der Waals surface area contributed by atoms with Crippen LogP contribution in [-0.2, 0) is 23.8 Å². The zero-order chi connectivity index (χ0) is 16.5. The summed E-state index contributed by atoms with van der Waals surface area (Å²) in [6.45, 7) is 3.45. The molecule has 1 aromatic rings. The first-order chi connectivity index (χ1) is 10.2. The average Bonchev–Trinajstić information content (AvgIpc) is 2.66. The van der Waals surface area contributed by atoms with Crippen LogP contribution in [0.2, 0.25) is 5.02 Å². The molecular formula is C14H16ClNO5S. The molecule has 0 bridgehead atoms. The van der Waals surface area contributed by atoms with E-state index >= 15 is 0 Å². The van der Waals surface area contributed by atoms with Crippen molar-refractivity contribution in [2.45, 2.75) is 20.0 Å². The fraction of sp³-hybridized carbons (Fsp3) is 0.357. The molecule has 0 aliphatic carbocycles. The number of nitrogens with two attached hydrogens (primary N) is 1. The van der Waals surface area contributed by atoms with Crippen molar-refractivity contribution < 1.29 is 22.1 Å². The Bertz CT molecular complexity index is 709. The highest BCUT2D eigenvalue weighted by atomic mass is 35.5. The van der Waals surface area contributed by atoms with Crippen LogP contribution in [0.25, 0.3) is 0 Å². The van der Waals surface area contributed by atoms with E-state index in [1.807, 2.05) is 0 Å². The smallest absolute Gasteiger partial charge is 0.309 e. The van der Waals surface area contributed by atoms with Gasteiger partial charge in [-0.2, -0.15) is 8.42 Å². The summed E-state index contributed by atoms with van der Waals surface area (Å²) in [7, 11) is -3.90. The third kappa shape index (κ3) is 3.72. The van der Waals surface area contributed by atoms with Crippen LogP contribution >= 0.6 is 11.6 Å². The van der Waals surface area contributed by atoms with Crippen LogP contribution in [0, 0.1) is 5.92 Å². The Morgan fingerprint density at radius 3 is 2.45 bits per heavy atom. The molecule has 22 heavy (non-hydrogen) atoms. The number of ketones is 1. The van der Waals surface area contributed by atoms with E-state index in [4.69, 9.17) is 26.3 Å². The third-order valence-corrected chi connectivity index (χ3v) is 4.60. The summed E-state index contributed by atoms with van der Waals surface area (Å²) in [4.78, 5) is 12.3. The van der Waals surface area contributed by atoms with Gasteiger partial charge in [-0.3, -0.25) is 4.79 Å². The first-order valence-corrected chi connectivity index (χ1v) is 8.53. The summed E-state index contributed by atoms with van der Waals surface area (Å²) in [5, 5.41) is 0.506. The quantitative estimate of drug-likeness (QED) is 0.821. The van der Waals surface area contributed by atoms with Crippen molar-refractivity contribution in [1.29, 1.82) is 0 Å². The van der Waals surface area contributed by atoms with Gasteiger partial charge in [-0.25, -0.2) is 0 Å². The minimum atomic E-state index is -3.90. The van der Waals surface area contributed by atoms with Gasteiger partial charge >= 0.3 is 10.1 Å². The van der Waals surface area contributed by atoms with Crippen LogP contribution in [0.4, 0.5) is 0 Å². The van der Waals surface area contributed by atoms with Gasteiger partial charge in [-0.15, -0.1) is 0 Å². The molecule has 0 saturated carbocycles. The van der Waals surface area contributed by atoms with Crippen LogP contribution in [0.5, 0.6) is 0 Å². The van der Waals surface area contributed by atoms with Crippen LogP contribution in [0.3, 0.4) is 0 Å². The van der Waals surface area contributed by atoms with Gasteiger partial charge in [0.25, 0.3) is 0 Å². The second kappa shape index (κ2) is 6.18. The normalized spacial score (nSPS) is 18.7. The Morgan fingerprint density at radius 1 is 1.32 bits per heavy atom. The van der Waals surface area contributed by atoms with Crippen molar-refractivity contribution in [2.75, 3.05) is 5.75 Å². The van der Waals surface area contributed by atoms with E-state index in [2.05, 4.69) is 0 Å². The second-order valence-corrected chi connectivity index (χ2v) is 7.36. The molecule has 2 rings (SSSR count). The molecule has 120 valence electrons. The van der Waals surface area contributed by atoms with Crippen LogP contribution in [0.1, 0.15) is 25.5 Å². The summed E-state index contributed by atoms with van der Waals surface area (Å²) in [6, 6.07) is 6.39. The lowest BCUT2D eigenvalue weighted by Crippen LogP contribution is -2.19. The molecule has 0 aromatic heterocycles. The second-order valence-electron chi connectivity index (χ2n) is 5.31. The molecule has 0 saturated heterocycles. The SMILES string of the molecule is CC(C)CS(=O)(=O)OC1=C(N)O[C@@H](c2ccc(Cl)cc2)C1=O. The first kappa shape index (κ1) is 16.6. The number of rotatable bonds is 5. The lowest BCUT2D eigenvalue weighted by molar-refractivity contribution is -0.123. The highest BCUT2D eigenvalue weighted by Gasteiger charge is 2.39. The Labute approximate surface area is 134 Å². The van der Waals surface area contributed by atoms with E-state index in [0.717, 1.165) is 0 Å². The van der Waals surface area contributed by atoms with Crippen molar-refractivity contribution >= 4 is 27.5 Å².